The van der Waals surface area contributed by atoms with E-state index in [1.54, 1.807) is 137 Å². The van der Waals surface area contributed by atoms with E-state index in [1.807, 2.05) is 42.2 Å². The van der Waals surface area contributed by atoms with Gasteiger partial charge in [0.2, 0.25) is 5.91 Å². The van der Waals surface area contributed by atoms with E-state index in [9.17, 15) is 59.5 Å². The molecule has 0 aliphatic carbocycles. The first-order valence-electron chi connectivity index (χ1n) is 37.2. The van der Waals surface area contributed by atoms with Gasteiger partial charge in [-0.1, -0.05) is 24.3 Å². The minimum Gasteiger partial charge on any atom is -0.340 e. The van der Waals surface area contributed by atoms with Gasteiger partial charge in [-0.05, 0) is 147 Å². The lowest BCUT2D eigenvalue weighted by molar-refractivity contribution is -0.130. The van der Waals surface area contributed by atoms with Crippen molar-refractivity contribution >= 4 is 113 Å². The third kappa shape index (κ3) is 28.7. The standard InChI is InChI=1S/C20H27FN6O3S.C20H24FN5O2.2C19H22BFN5O2/c1-15-4-6-17(13-22-15)23-20(28)24-19-12-16(5-7-18(19)21)14-26-8-10-27(11-9-26)31(29,30)25(2)3;1-14-3-5-17(12-22-14)23-20(28)24-19-11-16(4-6-18(19)21)13-25-7-9-26(10-8-25)15(2)27;2*1-14-2-4-16(11-22-14)23-19(28)24-18-10-15(3-5-17(18)21)12-25-6-8-26(9-7-25)20-13-27/h4-7,12-13H,8-11,14H2,1-3H3,(H2,23,24,28);3-6,11-12H,7-10,13H2,1-2H3,(H2,23,24,28);2*2-5,10-11,13H,6-9,12H2,1H3,(H2,23,24,28). The fraction of sp³-hybridized carbons (Fsp3) is 0.346. The van der Waals surface area contributed by atoms with Crippen LogP contribution in [0.2, 0.25) is 0 Å². The van der Waals surface area contributed by atoms with E-state index >= 15 is 0 Å². The second kappa shape index (κ2) is 43.4. The molecule has 12 rings (SSSR count). The summed E-state index contributed by atoms with van der Waals surface area (Å²) in [5.74, 6) is -1.94. The lowest BCUT2D eigenvalue weighted by atomic mass is 9.93. The highest BCUT2D eigenvalue weighted by molar-refractivity contribution is 7.86. The number of halogens is 4. The molecule has 0 unspecified atom stereocenters. The number of urea groups is 4. The number of aromatic nitrogens is 4. The first kappa shape index (κ1) is 87.8. The van der Waals surface area contributed by atoms with E-state index in [2.05, 4.69) is 82.1 Å². The zero-order valence-corrected chi connectivity index (χ0v) is 66.0. The highest BCUT2D eigenvalue weighted by atomic mass is 32.2. The molecule has 0 atom stereocenters. The minimum atomic E-state index is -3.42. The highest BCUT2D eigenvalue weighted by Gasteiger charge is 2.29. The number of nitrogens with one attached hydrogen (secondary N) is 8. The molecular formula is C78H95B2F4N21O9S. The molecule has 37 heteroatoms. The number of piperazine rings is 4. The van der Waals surface area contributed by atoms with Crippen LogP contribution < -0.4 is 42.5 Å². The summed E-state index contributed by atoms with van der Waals surface area (Å²) in [6, 6.07) is 30.6. The Labute approximate surface area is 668 Å². The smallest absolute Gasteiger partial charge is 0.323 e. The fourth-order valence-corrected chi connectivity index (χ4v) is 13.4. The molecule has 4 saturated heterocycles. The quantitative estimate of drug-likeness (QED) is 0.0178. The number of nitrogens with zero attached hydrogens (tertiary/aromatic N) is 13. The Bertz CT molecular complexity index is 4560. The number of aryl methyl sites for hydroxylation is 4. The van der Waals surface area contributed by atoms with Crippen LogP contribution in [-0.4, -0.2) is 247 Å². The van der Waals surface area contributed by atoms with Gasteiger partial charge in [-0.25, -0.2) is 36.7 Å². The van der Waals surface area contributed by atoms with Crippen molar-refractivity contribution in [3.63, 3.8) is 0 Å². The molecule has 8 N–H and O–H groups in total. The highest BCUT2D eigenvalue weighted by Crippen LogP contribution is 2.25. The van der Waals surface area contributed by atoms with E-state index in [-0.39, 0.29) is 28.7 Å². The summed E-state index contributed by atoms with van der Waals surface area (Å²) in [5.41, 5.74) is 9.42. The van der Waals surface area contributed by atoms with Gasteiger partial charge in [0.05, 0.1) is 82.7 Å². The first-order chi connectivity index (χ1) is 55.1. The van der Waals surface area contributed by atoms with E-state index < -0.39 is 57.6 Å². The van der Waals surface area contributed by atoms with Gasteiger partial charge in [0.1, 0.15) is 23.3 Å². The Hall–Kier alpha value is -11.2. The summed E-state index contributed by atoms with van der Waals surface area (Å²) >= 11 is 0. The molecule has 30 nitrogen and oxygen atoms in total. The van der Waals surface area contributed by atoms with Crippen molar-refractivity contribution in [2.75, 3.05) is 161 Å². The van der Waals surface area contributed by atoms with Gasteiger partial charge in [0.15, 0.2) is 0 Å². The second-order valence-corrected chi connectivity index (χ2v) is 29.9. The third-order valence-corrected chi connectivity index (χ3v) is 20.7. The third-order valence-electron chi connectivity index (χ3n) is 18.7. The number of carbonyl (C=O) groups excluding carboxylic acids is 7. The molecule has 4 aliphatic rings. The summed E-state index contributed by atoms with van der Waals surface area (Å²) in [7, 11) is 2.72. The average Bonchev–Trinajstić information content (AvgIpc) is 0.826. The minimum absolute atomic E-state index is 0.0730. The van der Waals surface area contributed by atoms with Crippen molar-refractivity contribution in [2.24, 2.45) is 0 Å². The molecule has 9 amide bonds. The summed E-state index contributed by atoms with van der Waals surface area (Å²) in [5, 5.41) is 20.7. The molecule has 0 bridgehead atoms. The molecular weight excluding hydrogens is 1500 g/mol. The van der Waals surface area contributed by atoms with Crippen molar-refractivity contribution in [3.8, 4) is 0 Å². The van der Waals surface area contributed by atoms with Gasteiger partial charge in [-0.15, -0.1) is 0 Å². The number of benzene rings is 4. The molecule has 4 aromatic carbocycles. The van der Waals surface area contributed by atoms with Gasteiger partial charge in [0, 0.05) is 175 Å². The van der Waals surface area contributed by atoms with Crippen LogP contribution in [0, 0.1) is 51.0 Å². The molecule has 0 spiro atoms. The number of anilines is 8. The van der Waals surface area contributed by atoms with Crippen LogP contribution in [0.1, 0.15) is 52.0 Å². The summed E-state index contributed by atoms with van der Waals surface area (Å²) in [4.78, 5) is 112. The molecule has 0 saturated carbocycles. The van der Waals surface area contributed by atoms with E-state index in [4.69, 9.17) is 0 Å². The summed E-state index contributed by atoms with van der Waals surface area (Å²) in [6.07, 6.45) is 7.75. The number of hydrogen-bond donors (Lipinski definition) is 8. The Morgan fingerprint density at radius 1 is 0.383 bits per heavy atom. The molecule has 2 radical (unpaired) electrons. The number of pyridine rings is 4. The van der Waals surface area contributed by atoms with Crippen LogP contribution in [-0.2, 0) is 50.8 Å². The number of carbonyl (C=O) groups is 7. The molecule has 4 aliphatic heterocycles. The maximum absolute atomic E-state index is 14.2. The van der Waals surface area contributed by atoms with Crippen molar-refractivity contribution in [1.29, 1.82) is 0 Å². The van der Waals surface area contributed by atoms with Gasteiger partial charge >= 0.3 is 24.1 Å². The predicted octanol–water partition coefficient (Wildman–Crippen LogP) is 9.13. The lowest BCUT2D eigenvalue weighted by Gasteiger charge is -2.35. The van der Waals surface area contributed by atoms with Crippen LogP contribution >= 0.6 is 0 Å². The van der Waals surface area contributed by atoms with Crippen molar-refractivity contribution in [1.82, 2.24) is 62.7 Å². The number of rotatable bonds is 22. The van der Waals surface area contributed by atoms with Gasteiger partial charge in [-0.3, -0.25) is 44.3 Å². The monoisotopic (exact) mass is 1600 g/mol. The molecule has 606 valence electrons. The first-order valence-corrected chi connectivity index (χ1v) is 38.6. The van der Waals surface area contributed by atoms with E-state index in [0.717, 1.165) is 123 Å². The summed E-state index contributed by atoms with van der Waals surface area (Å²) < 4.78 is 83.7. The zero-order valence-electron chi connectivity index (χ0n) is 65.2. The Balaban J connectivity index is 0.000000176. The molecule has 4 fully saturated rings. The van der Waals surface area contributed by atoms with Crippen LogP contribution in [0.3, 0.4) is 0 Å². The van der Waals surface area contributed by atoms with Crippen molar-refractivity contribution in [3.05, 3.63) is 214 Å². The van der Waals surface area contributed by atoms with Crippen LogP contribution in [0.5, 0.6) is 0 Å². The Morgan fingerprint density at radius 3 is 0.861 bits per heavy atom. The van der Waals surface area contributed by atoms with E-state index in [1.165, 1.54) is 53.2 Å². The maximum Gasteiger partial charge on any atom is 0.323 e. The molecule has 8 heterocycles. The Kier molecular flexibility index (Phi) is 33.1. The molecule has 115 heavy (non-hydrogen) atoms. The Morgan fingerprint density at radius 2 is 0.635 bits per heavy atom. The zero-order chi connectivity index (χ0) is 82.6. The normalized spacial score (nSPS) is 15.1. The lowest BCUT2D eigenvalue weighted by Crippen LogP contribution is -2.51. The summed E-state index contributed by atoms with van der Waals surface area (Å²) in [6.45, 7) is 22.6. The van der Waals surface area contributed by atoms with Gasteiger partial charge in [0.25, 0.3) is 25.0 Å². The van der Waals surface area contributed by atoms with Crippen molar-refractivity contribution < 1.29 is 59.5 Å². The fourth-order valence-electron chi connectivity index (χ4n) is 12.3. The largest absolute Gasteiger partial charge is 0.340 e. The number of hydrogen-bond acceptors (Lipinski definition) is 19. The van der Waals surface area contributed by atoms with Gasteiger partial charge < -0.3 is 66.6 Å². The SMILES string of the molecule is CC(=O)N1CCN(Cc2ccc(F)c(NC(=O)Nc3ccc(C)nc3)c2)CC1.Cc1ccc(NC(=O)Nc2cc(CN3CCN(S(=O)(=O)N(C)C)CC3)ccc2F)cn1.Cc1ccc(NC(=O)Nc2cc(CN3CCN([B]C=O)CC3)ccc2F)cn1.Cc1ccc(NC(=O)Nc2cc(CN3CCN([B]C=O)CC3)ccc2F)cn1. The van der Waals surface area contributed by atoms with Gasteiger partial charge in [-0.2, -0.15) is 17.0 Å². The van der Waals surface area contributed by atoms with Crippen molar-refractivity contribution in [2.45, 2.75) is 60.8 Å². The predicted molar refractivity (Wildman–Crippen MR) is 438 cm³/mol. The van der Waals surface area contributed by atoms with Crippen LogP contribution in [0.25, 0.3) is 0 Å². The van der Waals surface area contributed by atoms with Crippen LogP contribution in [0.4, 0.5) is 82.2 Å². The molecule has 4 aromatic heterocycles. The van der Waals surface area contributed by atoms with Crippen LogP contribution in [0.15, 0.2) is 146 Å². The topological polar surface area (TPSA) is 331 Å². The second-order valence-electron chi connectivity index (χ2n) is 27.8. The maximum atomic E-state index is 14.2. The molecule has 8 aromatic rings. The van der Waals surface area contributed by atoms with E-state index in [0.29, 0.717) is 88.2 Å². The number of amides is 9. The average molecular weight is 1600 g/mol.